The molecule has 3 rings (SSSR count). The number of benzene rings is 2. The van der Waals surface area contributed by atoms with E-state index in [1.165, 1.54) is 17.5 Å². The lowest BCUT2D eigenvalue weighted by molar-refractivity contribution is -0.130. The van der Waals surface area contributed by atoms with Gasteiger partial charge in [0, 0.05) is 26.6 Å². The molecular formula is C20H22N4O. The fourth-order valence-corrected chi connectivity index (χ4v) is 2.73. The number of hydrogen-bond donors (Lipinski definition) is 0. The normalized spacial score (nSPS) is 10.6. The third-order valence-electron chi connectivity index (χ3n) is 4.15. The van der Waals surface area contributed by atoms with E-state index in [-0.39, 0.29) is 5.91 Å². The number of aryl methyl sites for hydroxylation is 1. The van der Waals surface area contributed by atoms with Gasteiger partial charge in [-0.2, -0.15) is 5.10 Å². The second kappa shape index (κ2) is 8.24. The Kier molecular flexibility index (Phi) is 5.57. The molecule has 0 saturated heterocycles. The number of amides is 1. The molecule has 0 radical (unpaired) electrons. The molecule has 1 heterocycles. The van der Waals surface area contributed by atoms with Gasteiger partial charge in [-0.1, -0.05) is 54.6 Å². The smallest absolute Gasteiger partial charge is 0.222 e. The van der Waals surface area contributed by atoms with Gasteiger partial charge in [0.1, 0.15) is 12.7 Å². The quantitative estimate of drug-likeness (QED) is 0.665. The molecule has 0 aliphatic rings. The Morgan fingerprint density at radius 2 is 1.76 bits per heavy atom. The SMILES string of the molecule is CN(Cc1ccc(-c2ccccc2)cc1)C(=O)CCCn1cncn1. The number of aromatic nitrogens is 3. The molecule has 2 aromatic carbocycles. The van der Waals surface area contributed by atoms with Crippen molar-refractivity contribution in [3.05, 3.63) is 72.8 Å². The van der Waals surface area contributed by atoms with Crippen molar-refractivity contribution in [2.24, 2.45) is 0 Å². The minimum Gasteiger partial charge on any atom is -0.341 e. The Hall–Kier alpha value is -2.95. The van der Waals surface area contributed by atoms with Crippen LogP contribution in [0.25, 0.3) is 11.1 Å². The van der Waals surface area contributed by atoms with Crippen LogP contribution in [-0.2, 0) is 17.9 Å². The summed E-state index contributed by atoms with van der Waals surface area (Å²) in [4.78, 5) is 17.9. The summed E-state index contributed by atoms with van der Waals surface area (Å²) in [7, 11) is 1.85. The molecule has 0 atom stereocenters. The van der Waals surface area contributed by atoms with E-state index in [0.29, 0.717) is 19.5 Å². The highest BCUT2D eigenvalue weighted by molar-refractivity contribution is 5.75. The van der Waals surface area contributed by atoms with Gasteiger partial charge >= 0.3 is 0 Å². The van der Waals surface area contributed by atoms with Gasteiger partial charge in [0.2, 0.25) is 5.91 Å². The Bertz CT molecular complexity index is 782. The molecule has 0 N–H and O–H groups in total. The minimum absolute atomic E-state index is 0.146. The van der Waals surface area contributed by atoms with Crippen LogP contribution in [0.15, 0.2) is 67.3 Å². The molecule has 0 spiro atoms. The lowest BCUT2D eigenvalue weighted by atomic mass is 10.0. The van der Waals surface area contributed by atoms with Crippen molar-refractivity contribution in [1.29, 1.82) is 0 Å². The van der Waals surface area contributed by atoms with Gasteiger partial charge in [-0.25, -0.2) is 4.98 Å². The largest absolute Gasteiger partial charge is 0.341 e. The third-order valence-corrected chi connectivity index (χ3v) is 4.15. The fourth-order valence-electron chi connectivity index (χ4n) is 2.73. The van der Waals surface area contributed by atoms with Crippen LogP contribution in [0.2, 0.25) is 0 Å². The van der Waals surface area contributed by atoms with Crippen molar-refractivity contribution in [3.63, 3.8) is 0 Å². The summed E-state index contributed by atoms with van der Waals surface area (Å²) in [6.45, 7) is 1.34. The first kappa shape index (κ1) is 16.9. The van der Waals surface area contributed by atoms with Crippen molar-refractivity contribution < 1.29 is 4.79 Å². The zero-order valence-corrected chi connectivity index (χ0v) is 14.4. The first-order chi connectivity index (χ1) is 12.2. The summed E-state index contributed by atoms with van der Waals surface area (Å²) in [5, 5.41) is 4.04. The number of nitrogens with zero attached hydrogens (tertiary/aromatic N) is 4. The van der Waals surface area contributed by atoms with Crippen molar-refractivity contribution in [1.82, 2.24) is 19.7 Å². The van der Waals surface area contributed by atoms with E-state index >= 15 is 0 Å². The molecule has 0 saturated carbocycles. The molecule has 0 unspecified atom stereocenters. The lowest BCUT2D eigenvalue weighted by Gasteiger charge is -2.17. The first-order valence-electron chi connectivity index (χ1n) is 8.43. The first-order valence-corrected chi connectivity index (χ1v) is 8.43. The average Bonchev–Trinajstić information content (AvgIpc) is 3.16. The van der Waals surface area contributed by atoms with Gasteiger partial charge in [0.25, 0.3) is 0 Å². The number of carbonyl (C=O) groups is 1. The standard InChI is InChI=1S/C20H22N4O/c1-23(20(25)8-5-13-24-16-21-15-22-24)14-17-9-11-19(12-10-17)18-6-3-2-4-7-18/h2-4,6-7,9-12,15-16H,5,8,13-14H2,1H3. The average molecular weight is 334 g/mol. The van der Waals surface area contributed by atoms with Gasteiger partial charge in [0.05, 0.1) is 0 Å². The molecule has 5 nitrogen and oxygen atoms in total. The van der Waals surface area contributed by atoms with Crippen molar-refractivity contribution >= 4 is 5.91 Å². The number of carbonyl (C=O) groups excluding carboxylic acids is 1. The molecule has 1 amide bonds. The van der Waals surface area contributed by atoms with E-state index in [0.717, 1.165) is 12.0 Å². The van der Waals surface area contributed by atoms with Crippen LogP contribution in [0, 0.1) is 0 Å². The van der Waals surface area contributed by atoms with Gasteiger partial charge in [-0.05, 0) is 23.1 Å². The zero-order valence-electron chi connectivity index (χ0n) is 14.4. The van der Waals surface area contributed by atoms with E-state index in [1.54, 1.807) is 15.9 Å². The summed E-state index contributed by atoms with van der Waals surface area (Å²) in [5.41, 5.74) is 3.52. The Balaban J connectivity index is 1.50. The van der Waals surface area contributed by atoms with Crippen LogP contribution in [0.5, 0.6) is 0 Å². The van der Waals surface area contributed by atoms with Crippen LogP contribution >= 0.6 is 0 Å². The highest BCUT2D eigenvalue weighted by Crippen LogP contribution is 2.19. The lowest BCUT2D eigenvalue weighted by Crippen LogP contribution is -2.26. The van der Waals surface area contributed by atoms with E-state index in [1.807, 2.05) is 25.2 Å². The summed E-state index contributed by atoms with van der Waals surface area (Å²) < 4.78 is 1.75. The van der Waals surface area contributed by atoms with E-state index in [9.17, 15) is 4.79 Å². The second-order valence-electron chi connectivity index (χ2n) is 6.07. The molecule has 25 heavy (non-hydrogen) atoms. The van der Waals surface area contributed by atoms with E-state index in [4.69, 9.17) is 0 Å². The minimum atomic E-state index is 0.146. The van der Waals surface area contributed by atoms with Crippen LogP contribution in [0.4, 0.5) is 0 Å². The molecule has 0 aliphatic heterocycles. The highest BCUT2D eigenvalue weighted by Gasteiger charge is 2.09. The van der Waals surface area contributed by atoms with Gasteiger partial charge in [-0.3, -0.25) is 9.48 Å². The van der Waals surface area contributed by atoms with Crippen molar-refractivity contribution in [2.75, 3.05) is 7.05 Å². The molecule has 0 bridgehead atoms. The van der Waals surface area contributed by atoms with Crippen molar-refractivity contribution in [2.45, 2.75) is 25.9 Å². The second-order valence-corrected chi connectivity index (χ2v) is 6.07. The number of rotatable bonds is 7. The predicted octanol–water partition coefficient (Wildman–Crippen LogP) is 3.38. The topological polar surface area (TPSA) is 51.0 Å². The van der Waals surface area contributed by atoms with Crippen LogP contribution < -0.4 is 0 Å². The summed E-state index contributed by atoms with van der Waals surface area (Å²) >= 11 is 0. The maximum Gasteiger partial charge on any atom is 0.222 e. The predicted molar refractivity (Wildman–Crippen MR) is 97.6 cm³/mol. The summed E-state index contributed by atoms with van der Waals surface area (Å²) in [6.07, 6.45) is 4.45. The van der Waals surface area contributed by atoms with Crippen molar-refractivity contribution in [3.8, 4) is 11.1 Å². The molecule has 128 valence electrons. The maximum atomic E-state index is 12.2. The molecule has 0 aliphatic carbocycles. The maximum absolute atomic E-state index is 12.2. The molecule has 3 aromatic rings. The van der Waals surface area contributed by atoms with Gasteiger partial charge in [0.15, 0.2) is 0 Å². The monoisotopic (exact) mass is 334 g/mol. The Morgan fingerprint density at radius 1 is 1.04 bits per heavy atom. The van der Waals surface area contributed by atoms with Crippen LogP contribution in [0.3, 0.4) is 0 Å². The van der Waals surface area contributed by atoms with E-state index < -0.39 is 0 Å². The van der Waals surface area contributed by atoms with Crippen LogP contribution in [0.1, 0.15) is 18.4 Å². The van der Waals surface area contributed by atoms with Gasteiger partial charge < -0.3 is 4.90 Å². The summed E-state index contributed by atoms with van der Waals surface area (Å²) in [5.74, 6) is 0.146. The van der Waals surface area contributed by atoms with Gasteiger partial charge in [-0.15, -0.1) is 0 Å². The highest BCUT2D eigenvalue weighted by atomic mass is 16.2. The molecule has 5 heteroatoms. The number of hydrogen-bond acceptors (Lipinski definition) is 3. The molecular weight excluding hydrogens is 312 g/mol. The Morgan fingerprint density at radius 3 is 2.44 bits per heavy atom. The van der Waals surface area contributed by atoms with E-state index in [2.05, 4.69) is 46.5 Å². The molecule has 1 aromatic heterocycles. The fraction of sp³-hybridized carbons (Fsp3) is 0.250. The van der Waals surface area contributed by atoms with Crippen LogP contribution in [-0.4, -0.2) is 32.6 Å². The third kappa shape index (κ3) is 4.76. The zero-order chi connectivity index (χ0) is 17.5. The Labute approximate surface area is 147 Å². The molecule has 0 fully saturated rings. The summed E-state index contributed by atoms with van der Waals surface area (Å²) in [6, 6.07) is 18.7.